The Morgan fingerprint density at radius 2 is 1.72 bits per heavy atom. The molecule has 2 aliphatic rings. The lowest BCUT2D eigenvalue weighted by Crippen LogP contribution is -2.56. The Bertz CT molecular complexity index is 233. The zero-order valence-electron chi connectivity index (χ0n) is 12.6. The predicted octanol–water partition coefficient (Wildman–Crippen LogP) is 3.28. The highest BCUT2D eigenvalue weighted by Gasteiger charge is 2.28. The van der Waals surface area contributed by atoms with Crippen LogP contribution < -0.4 is 5.32 Å². The van der Waals surface area contributed by atoms with E-state index in [1.165, 1.54) is 58.2 Å². The minimum absolute atomic E-state index is 0.662. The van der Waals surface area contributed by atoms with Crippen molar-refractivity contribution in [1.29, 1.82) is 0 Å². The molecular weight excluding hydrogens is 220 g/mol. The van der Waals surface area contributed by atoms with E-state index in [9.17, 15) is 0 Å². The highest BCUT2D eigenvalue weighted by Crippen LogP contribution is 2.32. The van der Waals surface area contributed by atoms with Gasteiger partial charge in [0.2, 0.25) is 0 Å². The molecule has 2 rings (SSSR count). The molecule has 1 N–H and O–H groups in total. The zero-order valence-corrected chi connectivity index (χ0v) is 12.6. The molecule has 18 heavy (non-hydrogen) atoms. The lowest BCUT2D eigenvalue weighted by molar-refractivity contribution is 0.0996. The van der Waals surface area contributed by atoms with Gasteiger partial charge < -0.3 is 5.32 Å². The molecule has 106 valence electrons. The molecule has 0 aromatic rings. The molecule has 0 bridgehead atoms. The summed E-state index contributed by atoms with van der Waals surface area (Å²) in [6.45, 7) is 10.8. The molecule has 1 aliphatic carbocycles. The van der Waals surface area contributed by atoms with Crippen molar-refractivity contribution in [2.45, 2.75) is 71.4 Å². The van der Waals surface area contributed by atoms with E-state index in [0.29, 0.717) is 12.1 Å². The van der Waals surface area contributed by atoms with Crippen LogP contribution in [0.4, 0.5) is 0 Å². The van der Waals surface area contributed by atoms with Crippen molar-refractivity contribution in [2.24, 2.45) is 11.8 Å². The van der Waals surface area contributed by atoms with Gasteiger partial charge >= 0.3 is 0 Å². The maximum Gasteiger partial charge on any atom is 0.0219 e. The SMILES string of the molecule is CCCC1CCC(CN2CCN[C@H](C)C2C)CC1. The van der Waals surface area contributed by atoms with Crippen LogP contribution in [0.5, 0.6) is 0 Å². The van der Waals surface area contributed by atoms with Crippen LogP contribution in [-0.2, 0) is 0 Å². The third-order valence-corrected chi connectivity index (χ3v) is 5.32. The van der Waals surface area contributed by atoms with Gasteiger partial charge in [0.15, 0.2) is 0 Å². The van der Waals surface area contributed by atoms with Crippen LogP contribution >= 0.6 is 0 Å². The summed E-state index contributed by atoms with van der Waals surface area (Å²) in [6, 6.07) is 1.38. The summed E-state index contributed by atoms with van der Waals surface area (Å²) in [5.41, 5.74) is 0. The Hall–Kier alpha value is -0.0800. The minimum atomic E-state index is 0.662. The lowest BCUT2D eigenvalue weighted by Gasteiger charge is -2.41. The van der Waals surface area contributed by atoms with Gasteiger partial charge in [0.25, 0.3) is 0 Å². The summed E-state index contributed by atoms with van der Waals surface area (Å²) in [6.07, 6.45) is 8.80. The Balaban J connectivity index is 1.74. The van der Waals surface area contributed by atoms with Gasteiger partial charge in [0.05, 0.1) is 0 Å². The van der Waals surface area contributed by atoms with Crippen LogP contribution in [0.15, 0.2) is 0 Å². The highest BCUT2D eigenvalue weighted by molar-refractivity contribution is 4.85. The average molecular weight is 252 g/mol. The number of piperazine rings is 1. The first kappa shape index (κ1) is 14.3. The third-order valence-electron chi connectivity index (χ3n) is 5.32. The normalized spacial score (nSPS) is 38.8. The summed E-state index contributed by atoms with van der Waals surface area (Å²) in [4.78, 5) is 2.73. The van der Waals surface area contributed by atoms with E-state index in [2.05, 4.69) is 31.0 Å². The smallest absolute Gasteiger partial charge is 0.0219 e. The summed E-state index contributed by atoms with van der Waals surface area (Å²) >= 11 is 0. The van der Waals surface area contributed by atoms with Crippen molar-refractivity contribution >= 4 is 0 Å². The van der Waals surface area contributed by atoms with Crippen molar-refractivity contribution in [2.75, 3.05) is 19.6 Å². The Labute approximate surface area is 114 Å². The fourth-order valence-corrected chi connectivity index (χ4v) is 3.83. The molecule has 2 fully saturated rings. The minimum Gasteiger partial charge on any atom is -0.311 e. The van der Waals surface area contributed by atoms with Gasteiger partial charge in [-0.15, -0.1) is 0 Å². The molecule has 0 spiro atoms. The molecule has 1 saturated carbocycles. The van der Waals surface area contributed by atoms with Crippen molar-refractivity contribution in [3.05, 3.63) is 0 Å². The first-order valence-electron chi connectivity index (χ1n) is 8.18. The van der Waals surface area contributed by atoms with E-state index in [1.807, 2.05) is 0 Å². The number of hydrogen-bond acceptors (Lipinski definition) is 2. The second-order valence-corrected chi connectivity index (χ2v) is 6.65. The standard InChI is InChI=1S/C16H32N2/c1-4-5-15-6-8-16(9-7-15)12-18-11-10-17-13(2)14(18)3/h13-17H,4-12H2,1-3H3/t13-,14?,15?,16?/m1/s1. The number of hydrogen-bond donors (Lipinski definition) is 1. The van der Waals surface area contributed by atoms with E-state index in [0.717, 1.165) is 11.8 Å². The first-order chi connectivity index (χ1) is 8.70. The van der Waals surface area contributed by atoms with Crippen molar-refractivity contribution in [3.63, 3.8) is 0 Å². The van der Waals surface area contributed by atoms with Gasteiger partial charge in [-0.1, -0.05) is 32.6 Å². The molecule has 1 aliphatic heterocycles. The third kappa shape index (κ3) is 3.71. The van der Waals surface area contributed by atoms with E-state index in [4.69, 9.17) is 0 Å². The van der Waals surface area contributed by atoms with Crippen LogP contribution in [0.25, 0.3) is 0 Å². The molecule has 2 atom stereocenters. The van der Waals surface area contributed by atoms with Gasteiger partial charge in [-0.3, -0.25) is 4.90 Å². The maximum atomic E-state index is 3.58. The summed E-state index contributed by atoms with van der Waals surface area (Å²) < 4.78 is 0. The fourth-order valence-electron chi connectivity index (χ4n) is 3.83. The van der Waals surface area contributed by atoms with Gasteiger partial charge in [-0.05, 0) is 38.5 Å². The fraction of sp³-hybridized carbons (Fsp3) is 1.00. The Kier molecular flexibility index (Phi) is 5.50. The molecule has 1 saturated heterocycles. The number of nitrogens with zero attached hydrogens (tertiary/aromatic N) is 1. The molecule has 2 heteroatoms. The maximum absolute atomic E-state index is 3.58. The molecule has 0 radical (unpaired) electrons. The summed E-state index contributed by atoms with van der Waals surface area (Å²) in [7, 11) is 0. The molecule has 1 heterocycles. The monoisotopic (exact) mass is 252 g/mol. The lowest BCUT2D eigenvalue weighted by atomic mass is 9.79. The van der Waals surface area contributed by atoms with Gasteiger partial charge in [-0.25, -0.2) is 0 Å². The molecule has 0 aromatic carbocycles. The average Bonchev–Trinajstić information content (AvgIpc) is 2.38. The van der Waals surface area contributed by atoms with E-state index < -0.39 is 0 Å². The second kappa shape index (κ2) is 6.91. The first-order valence-corrected chi connectivity index (χ1v) is 8.18. The van der Waals surface area contributed by atoms with E-state index in [-0.39, 0.29) is 0 Å². The summed E-state index contributed by atoms with van der Waals surface area (Å²) in [5.74, 6) is 2.02. The van der Waals surface area contributed by atoms with E-state index in [1.54, 1.807) is 0 Å². The molecule has 0 amide bonds. The van der Waals surface area contributed by atoms with Gasteiger partial charge in [0.1, 0.15) is 0 Å². The van der Waals surface area contributed by atoms with Crippen LogP contribution in [0.3, 0.4) is 0 Å². The van der Waals surface area contributed by atoms with Crippen LogP contribution in [-0.4, -0.2) is 36.6 Å². The van der Waals surface area contributed by atoms with Crippen LogP contribution in [0.2, 0.25) is 0 Å². The molecule has 1 unspecified atom stereocenters. The molecule has 0 aromatic heterocycles. The Morgan fingerprint density at radius 1 is 1.06 bits per heavy atom. The largest absolute Gasteiger partial charge is 0.311 e. The van der Waals surface area contributed by atoms with Crippen molar-refractivity contribution < 1.29 is 0 Å². The van der Waals surface area contributed by atoms with Crippen molar-refractivity contribution in [1.82, 2.24) is 10.2 Å². The quantitative estimate of drug-likeness (QED) is 0.826. The topological polar surface area (TPSA) is 15.3 Å². The van der Waals surface area contributed by atoms with Crippen LogP contribution in [0.1, 0.15) is 59.3 Å². The van der Waals surface area contributed by atoms with Crippen molar-refractivity contribution in [3.8, 4) is 0 Å². The predicted molar refractivity (Wildman–Crippen MR) is 78.9 cm³/mol. The summed E-state index contributed by atoms with van der Waals surface area (Å²) in [5, 5.41) is 3.58. The zero-order chi connectivity index (χ0) is 13.0. The Morgan fingerprint density at radius 3 is 2.39 bits per heavy atom. The number of rotatable bonds is 4. The molecular formula is C16H32N2. The van der Waals surface area contributed by atoms with E-state index >= 15 is 0 Å². The highest BCUT2D eigenvalue weighted by atomic mass is 15.2. The van der Waals surface area contributed by atoms with Gasteiger partial charge in [0, 0.05) is 31.7 Å². The number of nitrogens with one attached hydrogen (secondary N) is 1. The molecule has 2 nitrogen and oxygen atoms in total. The second-order valence-electron chi connectivity index (χ2n) is 6.65. The van der Waals surface area contributed by atoms with Crippen LogP contribution in [0, 0.1) is 11.8 Å². The van der Waals surface area contributed by atoms with Gasteiger partial charge in [-0.2, -0.15) is 0 Å².